The average molecular weight is 309 g/mol. The number of rotatable bonds is 5. The Bertz CT molecular complexity index is 772. The Morgan fingerprint density at radius 1 is 1.26 bits per heavy atom. The van der Waals surface area contributed by atoms with E-state index < -0.39 is 0 Å². The minimum Gasteiger partial charge on any atom is -0.461 e. The molecule has 118 valence electrons. The van der Waals surface area contributed by atoms with Crippen LogP contribution in [0, 0.1) is 5.92 Å². The molecule has 1 amide bonds. The smallest absolute Gasteiger partial charge is 0.248 e. The molecule has 4 heteroatoms. The molecule has 1 saturated carbocycles. The number of ketones is 1. The molecule has 1 heterocycles. The molecule has 2 atom stereocenters. The fourth-order valence-corrected chi connectivity index (χ4v) is 2.53. The van der Waals surface area contributed by atoms with E-state index in [0.29, 0.717) is 28.8 Å². The maximum absolute atomic E-state index is 11.9. The summed E-state index contributed by atoms with van der Waals surface area (Å²) >= 11 is 0. The number of benzene rings is 1. The van der Waals surface area contributed by atoms with Crippen molar-refractivity contribution in [3.05, 3.63) is 59.6 Å². The number of nitrogens with one attached hydrogen (secondary N) is 1. The van der Waals surface area contributed by atoms with Crippen molar-refractivity contribution in [1.82, 2.24) is 0 Å². The van der Waals surface area contributed by atoms with E-state index in [-0.39, 0.29) is 11.7 Å². The second-order valence-electron chi connectivity index (χ2n) is 6.02. The molecule has 0 saturated heterocycles. The van der Waals surface area contributed by atoms with E-state index in [1.807, 2.05) is 12.1 Å². The van der Waals surface area contributed by atoms with Gasteiger partial charge in [0.15, 0.2) is 5.78 Å². The van der Waals surface area contributed by atoms with Crippen LogP contribution >= 0.6 is 0 Å². The number of Topliss-reactive ketones (excluding diaryl/α,β-unsaturated/α-hetero) is 1. The van der Waals surface area contributed by atoms with E-state index in [1.54, 1.807) is 30.3 Å². The lowest BCUT2D eigenvalue weighted by Crippen LogP contribution is -2.08. The zero-order valence-corrected chi connectivity index (χ0v) is 13.2. The third-order valence-corrected chi connectivity index (χ3v) is 4.06. The first-order valence-corrected chi connectivity index (χ1v) is 7.73. The molecule has 2 aromatic rings. The summed E-state index contributed by atoms with van der Waals surface area (Å²) in [7, 11) is 0. The number of furan rings is 1. The quantitative estimate of drug-likeness (QED) is 0.663. The van der Waals surface area contributed by atoms with E-state index in [0.717, 1.165) is 5.76 Å². The molecule has 4 nitrogen and oxygen atoms in total. The summed E-state index contributed by atoms with van der Waals surface area (Å²) in [5.41, 5.74) is 1.17. The fraction of sp³-hybridized carbons (Fsp3) is 0.263. The van der Waals surface area contributed by atoms with Crippen LogP contribution in [0.1, 0.15) is 48.1 Å². The summed E-state index contributed by atoms with van der Waals surface area (Å²) in [4.78, 5) is 23.3. The van der Waals surface area contributed by atoms with Crippen LogP contribution in [0.5, 0.6) is 0 Å². The Balaban J connectivity index is 1.61. The third-order valence-electron chi connectivity index (χ3n) is 4.06. The van der Waals surface area contributed by atoms with Gasteiger partial charge >= 0.3 is 0 Å². The second kappa shape index (κ2) is 6.24. The highest BCUT2D eigenvalue weighted by Crippen LogP contribution is 2.47. The van der Waals surface area contributed by atoms with Crippen molar-refractivity contribution >= 4 is 23.5 Å². The Hall–Kier alpha value is -2.62. The van der Waals surface area contributed by atoms with Crippen LogP contribution in [0.4, 0.5) is 5.69 Å². The van der Waals surface area contributed by atoms with Gasteiger partial charge in [0, 0.05) is 23.2 Å². The summed E-state index contributed by atoms with van der Waals surface area (Å²) < 4.78 is 5.72. The molecule has 1 aromatic carbocycles. The molecule has 3 rings (SSSR count). The lowest BCUT2D eigenvalue weighted by Gasteiger charge is -2.03. The SMILES string of the molecule is CC(=O)c1cccc(NC(=O)/C=C/c2ccc([C@H]3C[C@@H]3C)o2)c1. The maximum Gasteiger partial charge on any atom is 0.248 e. The van der Waals surface area contributed by atoms with Crippen LogP contribution in [-0.2, 0) is 4.79 Å². The summed E-state index contributed by atoms with van der Waals surface area (Å²) in [6, 6.07) is 10.7. The molecule has 0 unspecified atom stereocenters. The van der Waals surface area contributed by atoms with E-state index in [9.17, 15) is 9.59 Å². The van der Waals surface area contributed by atoms with Crippen molar-refractivity contribution in [2.45, 2.75) is 26.2 Å². The molecule has 1 fully saturated rings. The standard InChI is InChI=1S/C19H19NO3/c1-12-10-17(12)18-8-6-16(23-18)7-9-19(22)20-15-5-3-4-14(11-15)13(2)21/h3-9,11-12,17H,10H2,1-2H3,(H,20,22)/b9-7+/t12-,17-/m0/s1. The number of amides is 1. The molecule has 23 heavy (non-hydrogen) atoms. The predicted octanol–water partition coefficient (Wildman–Crippen LogP) is 4.26. The third kappa shape index (κ3) is 3.77. The molecule has 0 radical (unpaired) electrons. The van der Waals surface area contributed by atoms with Crippen molar-refractivity contribution in [2.24, 2.45) is 5.92 Å². The maximum atomic E-state index is 11.9. The van der Waals surface area contributed by atoms with E-state index in [4.69, 9.17) is 4.42 Å². The molecule has 0 spiro atoms. The van der Waals surface area contributed by atoms with Crippen LogP contribution < -0.4 is 5.32 Å². The van der Waals surface area contributed by atoms with E-state index >= 15 is 0 Å². The molecule has 1 aromatic heterocycles. The van der Waals surface area contributed by atoms with Crippen molar-refractivity contribution in [3.63, 3.8) is 0 Å². The van der Waals surface area contributed by atoms with Gasteiger partial charge in [0.1, 0.15) is 11.5 Å². The van der Waals surface area contributed by atoms with Gasteiger partial charge in [-0.05, 0) is 49.6 Å². The lowest BCUT2D eigenvalue weighted by atomic mass is 10.1. The van der Waals surface area contributed by atoms with Gasteiger partial charge in [-0.25, -0.2) is 0 Å². The minimum atomic E-state index is -0.261. The Morgan fingerprint density at radius 2 is 2.04 bits per heavy atom. The highest BCUT2D eigenvalue weighted by molar-refractivity contribution is 6.03. The van der Waals surface area contributed by atoms with Crippen LogP contribution in [0.15, 0.2) is 46.9 Å². The number of carbonyl (C=O) groups excluding carboxylic acids is 2. The van der Waals surface area contributed by atoms with Gasteiger partial charge in [0.2, 0.25) is 5.91 Å². The summed E-state index contributed by atoms with van der Waals surface area (Å²) in [6.45, 7) is 3.70. The van der Waals surface area contributed by atoms with E-state index in [2.05, 4.69) is 12.2 Å². The zero-order chi connectivity index (χ0) is 16.4. The minimum absolute atomic E-state index is 0.0333. The molecule has 1 aliphatic carbocycles. The molecule has 0 aliphatic heterocycles. The number of hydrogen-bond donors (Lipinski definition) is 1. The summed E-state index contributed by atoms with van der Waals surface area (Å²) in [5, 5.41) is 2.74. The number of carbonyl (C=O) groups is 2. The molecular weight excluding hydrogens is 290 g/mol. The summed E-state index contributed by atoms with van der Waals surface area (Å²) in [5.74, 6) is 2.59. The lowest BCUT2D eigenvalue weighted by molar-refractivity contribution is -0.111. The first-order valence-electron chi connectivity index (χ1n) is 7.73. The Morgan fingerprint density at radius 3 is 2.74 bits per heavy atom. The first kappa shape index (κ1) is 15.3. The highest BCUT2D eigenvalue weighted by Gasteiger charge is 2.36. The van der Waals surface area contributed by atoms with Gasteiger partial charge in [-0.3, -0.25) is 9.59 Å². The summed E-state index contributed by atoms with van der Waals surface area (Å²) in [6.07, 6.45) is 4.25. The monoisotopic (exact) mass is 309 g/mol. The van der Waals surface area contributed by atoms with Crippen LogP contribution in [0.3, 0.4) is 0 Å². The van der Waals surface area contributed by atoms with Crippen LogP contribution in [0.2, 0.25) is 0 Å². The number of hydrogen-bond acceptors (Lipinski definition) is 3. The van der Waals surface area contributed by atoms with Crippen molar-refractivity contribution < 1.29 is 14.0 Å². The van der Waals surface area contributed by atoms with Crippen LogP contribution in [0.25, 0.3) is 6.08 Å². The number of anilines is 1. The van der Waals surface area contributed by atoms with Gasteiger partial charge in [-0.2, -0.15) is 0 Å². The highest BCUT2D eigenvalue weighted by atomic mass is 16.3. The van der Waals surface area contributed by atoms with Gasteiger partial charge in [0.25, 0.3) is 0 Å². The van der Waals surface area contributed by atoms with Gasteiger partial charge in [-0.1, -0.05) is 19.1 Å². The topological polar surface area (TPSA) is 59.3 Å². The molecule has 1 N–H and O–H groups in total. The van der Waals surface area contributed by atoms with Crippen LogP contribution in [-0.4, -0.2) is 11.7 Å². The van der Waals surface area contributed by atoms with E-state index in [1.165, 1.54) is 19.4 Å². The average Bonchev–Trinajstić information content (AvgIpc) is 3.07. The normalized spacial score (nSPS) is 19.7. The largest absolute Gasteiger partial charge is 0.461 e. The van der Waals surface area contributed by atoms with Crippen molar-refractivity contribution in [2.75, 3.05) is 5.32 Å². The van der Waals surface area contributed by atoms with Gasteiger partial charge < -0.3 is 9.73 Å². The first-order chi connectivity index (χ1) is 11.0. The predicted molar refractivity (Wildman–Crippen MR) is 89.3 cm³/mol. The molecular formula is C19H19NO3. The zero-order valence-electron chi connectivity index (χ0n) is 13.2. The van der Waals surface area contributed by atoms with Crippen molar-refractivity contribution in [3.8, 4) is 0 Å². The molecule has 0 bridgehead atoms. The molecule has 1 aliphatic rings. The van der Waals surface area contributed by atoms with Crippen molar-refractivity contribution in [1.29, 1.82) is 0 Å². The van der Waals surface area contributed by atoms with Gasteiger partial charge in [-0.15, -0.1) is 0 Å². The Labute approximate surface area is 135 Å². The Kier molecular flexibility index (Phi) is 4.15. The van der Waals surface area contributed by atoms with Gasteiger partial charge in [0.05, 0.1) is 0 Å². The second-order valence-corrected chi connectivity index (χ2v) is 6.02. The fourth-order valence-electron chi connectivity index (χ4n) is 2.53.